The van der Waals surface area contributed by atoms with Gasteiger partial charge in [-0.1, -0.05) is 0 Å². The van der Waals surface area contributed by atoms with E-state index in [4.69, 9.17) is 9.47 Å². The molecule has 0 bridgehead atoms. The van der Waals surface area contributed by atoms with E-state index < -0.39 is 10.8 Å². The molecule has 0 radical (unpaired) electrons. The lowest BCUT2D eigenvalue weighted by atomic mass is 10.2. The van der Waals surface area contributed by atoms with Gasteiger partial charge in [-0.3, -0.25) is 14.9 Å². The van der Waals surface area contributed by atoms with Crippen LogP contribution in [-0.2, 0) is 0 Å². The second kappa shape index (κ2) is 7.26. The summed E-state index contributed by atoms with van der Waals surface area (Å²) in [4.78, 5) is 22.7. The molecule has 2 aromatic carbocycles. The zero-order valence-electron chi connectivity index (χ0n) is 12.7. The van der Waals surface area contributed by atoms with Crippen molar-refractivity contribution in [3.05, 3.63) is 58.1 Å². The van der Waals surface area contributed by atoms with Gasteiger partial charge in [-0.2, -0.15) is 0 Å². The van der Waals surface area contributed by atoms with Crippen molar-refractivity contribution in [2.24, 2.45) is 0 Å². The summed E-state index contributed by atoms with van der Waals surface area (Å²) in [6.07, 6.45) is 0. The third-order valence-electron chi connectivity index (χ3n) is 3.08. The van der Waals surface area contributed by atoms with E-state index in [1.807, 2.05) is 6.92 Å². The maximum absolute atomic E-state index is 12.2. The number of rotatable bonds is 6. The minimum Gasteiger partial charge on any atom is -0.496 e. The fraction of sp³-hybridized carbons (Fsp3) is 0.188. The first-order chi connectivity index (χ1) is 11.0. The highest BCUT2D eigenvalue weighted by Gasteiger charge is 2.18. The first-order valence-electron chi connectivity index (χ1n) is 6.91. The summed E-state index contributed by atoms with van der Waals surface area (Å²) >= 11 is 0. The smallest absolute Gasteiger partial charge is 0.296 e. The van der Waals surface area contributed by atoms with Gasteiger partial charge in [0.15, 0.2) is 0 Å². The number of methoxy groups -OCH3 is 1. The van der Waals surface area contributed by atoms with Crippen molar-refractivity contribution in [1.29, 1.82) is 0 Å². The number of nitro groups is 1. The summed E-state index contributed by atoms with van der Waals surface area (Å²) < 4.78 is 10.3. The average molecular weight is 316 g/mol. The van der Waals surface area contributed by atoms with E-state index in [-0.39, 0.29) is 11.4 Å². The molecular formula is C16H16N2O5. The van der Waals surface area contributed by atoms with E-state index >= 15 is 0 Å². The molecular weight excluding hydrogens is 300 g/mol. The molecule has 2 aromatic rings. The maximum Gasteiger partial charge on any atom is 0.296 e. The Morgan fingerprint density at radius 1 is 1.17 bits per heavy atom. The molecule has 7 heteroatoms. The van der Waals surface area contributed by atoms with Crippen LogP contribution >= 0.6 is 0 Å². The van der Waals surface area contributed by atoms with Crippen molar-refractivity contribution in [3.63, 3.8) is 0 Å². The van der Waals surface area contributed by atoms with Crippen molar-refractivity contribution in [1.82, 2.24) is 0 Å². The highest BCUT2D eigenvalue weighted by Crippen LogP contribution is 2.29. The molecule has 0 atom stereocenters. The number of hydrogen-bond acceptors (Lipinski definition) is 5. The zero-order chi connectivity index (χ0) is 16.8. The van der Waals surface area contributed by atoms with Gasteiger partial charge in [-0.25, -0.2) is 0 Å². The quantitative estimate of drug-likeness (QED) is 0.652. The van der Waals surface area contributed by atoms with Crippen LogP contribution in [0.5, 0.6) is 11.5 Å². The summed E-state index contributed by atoms with van der Waals surface area (Å²) in [6, 6.07) is 10.8. The number of carbonyl (C=O) groups excluding carboxylic acids is 1. The lowest BCUT2D eigenvalue weighted by Gasteiger charge is -2.08. The molecule has 0 saturated heterocycles. The third kappa shape index (κ3) is 3.97. The van der Waals surface area contributed by atoms with Crippen LogP contribution in [0.1, 0.15) is 17.3 Å². The Kier molecular flexibility index (Phi) is 5.14. The van der Waals surface area contributed by atoms with Gasteiger partial charge in [0.2, 0.25) is 0 Å². The van der Waals surface area contributed by atoms with Gasteiger partial charge in [0.05, 0.1) is 24.7 Å². The van der Waals surface area contributed by atoms with Crippen LogP contribution in [0.4, 0.5) is 11.4 Å². The van der Waals surface area contributed by atoms with Gasteiger partial charge in [0.1, 0.15) is 17.2 Å². The van der Waals surface area contributed by atoms with E-state index in [0.29, 0.717) is 23.7 Å². The maximum atomic E-state index is 12.2. The Hall–Kier alpha value is -3.09. The fourth-order valence-electron chi connectivity index (χ4n) is 1.96. The summed E-state index contributed by atoms with van der Waals surface area (Å²) in [5.41, 5.74) is 0.247. The van der Waals surface area contributed by atoms with Gasteiger partial charge >= 0.3 is 0 Å². The predicted octanol–water partition coefficient (Wildman–Crippen LogP) is 3.25. The first-order valence-corrected chi connectivity index (χ1v) is 6.91. The van der Waals surface area contributed by atoms with Crippen LogP contribution in [0.2, 0.25) is 0 Å². The molecule has 0 aliphatic heterocycles. The Morgan fingerprint density at radius 2 is 1.83 bits per heavy atom. The molecule has 0 fully saturated rings. The van der Waals surface area contributed by atoms with E-state index in [1.165, 1.54) is 19.2 Å². The molecule has 0 aliphatic rings. The second-order valence-electron chi connectivity index (χ2n) is 4.55. The Morgan fingerprint density at radius 3 is 2.39 bits per heavy atom. The van der Waals surface area contributed by atoms with Gasteiger partial charge in [-0.15, -0.1) is 0 Å². The van der Waals surface area contributed by atoms with Crippen LogP contribution in [0.15, 0.2) is 42.5 Å². The van der Waals surface area contributed by atoms with Crippen LogP contribution < -0.4 is 14.8 Å². The lowest BCUT2D eigenvalue weighted by Crippen LogP contribution is -2.13. The Balaban J connectivity index is 2.21. The minimum absolute atomic E-state index is 0.106. The van der Waals surface area contributed by atoms with E-state index in [2.05, 4.69) is 5.32 Å². The molecule has 0 spiro atoms. The van der Waals surface area contributed by atoms with Gasteiger partial charge in [-0.05, 0) is 43.3 Å². The van der Waals surface area contributed by atoms with Crippen LogP contribution in [0, 0.1) is 10.1 Å². The van der Waals surface area contributed by atoms with E-state index in [0.717, 1.165) is 0 Å². The van der Waals surface area contributed by atoms with Crippen molar-refractivity contribution in [3.8, 4) is 11.5 Å². The number of hydrogen-bond donors (Lipinski definition) is 1. The van der Waals surface area contributed by atoms with Crippen molar-refractivity contribution >= 4 is 17.3 Å². The molecule has 120 valence electrons. The number of carbonyl (C=O) groups is 1. The average Bonchev–Trinajstić information content (AvgIpc) is 2.56. The minimum atomic E-state index is -0.573. The Bertz CT molecular complexity index is 713. The normalized spacial score (nSPS) is 10.0. The highest BCUT2D eigenvalue weighted by molar-refractivity contribution is 6.05. The van der Waals surface area contributed by atoms with Crippen LogP contribution in [0.25, 0.3) is 0 Å². The van der Waals surface area contributed by atoms with Crippen molar-refractivity contribution in [2.75, 3.05) is 19.0 Å². The fourth-order valence-corrected chi connectivity index (χ4v) is 1.96. The second-order valence-corrected chi connectivity index (χ2v) is 4.55. The van der Waals surface area contributed by atoms with Crippen LogP contribution in [-0.4, -0.2) is 24.5 Å². The number of ether oxygens (including phenoxy) is 2. The van der Waals surface area contributed by atoms with E-state index in [9.17, 15) is 14.9 Å². The molecule has 0 unspecified atom stereocenters. The molecule has 2 rings (SSSR count). The third-order valence-corrected chi connectivity index (χ3v) is 3.08. The molecule has 23 heavy (non-hydrogen) atoms. The summed E-state index contributed by atoms with van der Waals surface area (Å²) in [5.74, 6) is 0.552. The molecule has 0 saturated carbocycles. The number of nitrogens with zero attached hydrogens (tertiary/aromatic N) is 1. The van der Waals surface area contributed by atoms with Gasteiger partial charge in [0.25, 0.3) is 11.6 Å². The van der Waals surface area contributed by atoms with Gasteiger partial charge in [0, 0.05) is 5.56 Å². The number of nitro benzene ring substituents is 1. The summed E-state index contributed by atoms with van der Waals surface area (Å²) in [7, 11) is 1.41. The standard InChI is InChI=1S/C16H16N2O5/c1-3-23-12-6-4-11(5-7-12)16(19)17-14-9-8-13(22-2)10-15(14)18(20)21/h4-10H,3H2,1-2H3,(H,17,19). The molecule has 1 amide bonds. The Labute approximate surface area is 133 Å². The monoisotopic (exact) mass is 316 g/mol. The van der Waals surface area contributed by atoms with Crippen molar-refractivity contribution < 1.29 is 19.2 Å². The first kappa shape index (κ1) is 16.3. The number of amides is 1. The molecule has 0 aliphatic carbocycles. The highest BCUT2D eigenvalue weighted by atomic mass is 16.6. The van der Waals surface area contributed by atoms with Crippen LogP contribution in [0.3, 0.4) is 0 Å². The largest absolute Gasteiger partial charge is 0.496 e. The summed E-state index contributed by atoms with van der Waals surface area (Å²) in [6.45, 7) is 2.40. The topological polar surface area (TPSA) is 90.7 Å². The predicted molar refractivity (Wildman–Crippen MR) is 85.2 cm³/mol. The number of nitrogens with one attached hydrogen (secondary N) is 1. The SMILES string of the molecule is CCOc1ccc(C(=O)Nc2ccc(OC)cc2[N+](=O)[O-])cc1. The zero-order valence-corrected chi connectivity index (χ0v) is 12.7. The summed E-state index contributed by atoms with van der Waals surface area (Å²) in [5, 5.41) is 13.6. The van der Waals surface area contributed by atoms with Crippen molar-refractivity contribution in [2.45, 2.75) is 6.92 Å². The molecule has 0 heterocycles. The molecule has 7 nitrogen and oxygen atoms in total. The number of anilines is 1. The van der Waals surface area contributed by atoms with E-state index in [1.54, 1.807) is 30.3 Å². The molecule has 0 aromatic heterocycles. The lowest BCUT2D eigenvalue weighted by molar-refractivity contribution is -0.384. The van der Waals surface area contributed by atoms with Gasteiger partial charge < -0.3 is 14.8 Å². The molecule has 1 N–H and O–H groups in total. The number of benzene rings is 2.